The average molecular weight is 331 g/mol. The number of aryl methyl sites for hydroxylation is 2. The van der Waals surface area contributed by atoms with Gasteiger partial charge in [0, 0.05) is 23.7 Å². The molecule has 5 nitrogen and oxygen atoms in total. The van der Waals surface area contributed by atoms with Gasteiger partial charge >= 0.3 is 0 Å². The van der Waals surface area contributed by atoms with Crippen LogP contribution >= 0.6 is 11.3 Å². The molecule has 1 aliphatic rings. The van der Waals surface area contributed by atoms with Crippen LogP contribution in [0.4, 0.5) is 0 Å². The summed E-state index contributed by atoms with van der Waals surface area (Å²) in [4.78, 5) is 20.6. The first-order valence-corrected chi connectivity index (χ1v) is 8.80. The van der Waals surface area contributed by atoms with Crippen molar-refractivity contribution in [3.63, 3.8) is 0 Å². The first kappa shape index (κ1) is 15.9. The van der Waals surface area contributed by atoms with Gasteiger partial charge in [0.15, 0.2) is 0 Å². The van der Waals surface area contributed by atoms with E-state index in [1.807, 2.05) is 37.6 Å². The number of ether oxygens (including phenoxy) is 1. The molecule has 6 heteroatoms. The van der Waals surface area contributed by atoms with Gasteiger partial charge in [-0.15, -0.1) is 11.3 Å². The lowest BCUT2D eigenvalue weighted by molar-refractivity contribution is 0.0886. The summed E-state index contributed by atoms with van der Waals surface area (Å²) in [7, 11) is 0. The van der Waals surface area contributed by atoms with E-state index in [0.29, 0.717) is 11.6 Å². The maximum atomic E-state index is 12.1. The molecule has 1 aliphatic carbocycles. The lowest BCUT2D eigenvalue weighted by Crippen LogP contribution is -2.39. The van der Waals surface area contributed by atoms with Gasteiger partial charge in [0.25, 0.3) is 5.91 Å². The lowest BCUT2D eigenvalue weighted by Gasteiger charge is -2.29. The molecule has 1 fully saturated rings. The van der Waals surface area contributed by atoms with Gasteiger partial charge in [0.1, 0.15) is 11.8 Å². The number of carbonyl (C=O) groups excluding carboxylic acids is 1. The zero-order valence-corrected chi connectivity index (χ0v) is 14.2. The summed E-state index contributed by atoms with van der Waals surface area (Å²) in [6.45, 7) is 3.91. The molecule has 1 saturated carbocycles. The van der Waals surface area contributed by atoms with Crippen LogP contribution in [0.25, 0.3) is 0 Å². The van der Waals surface area contributed by atoms with Gasteiger partial charge < -0.3 is 10.1 Å². The van der Waals surface area contributed by atoms with Crippen molar-refractivity contribution >= 4 is 17.2 Å². The molecule has 2 aromatic rings. The predicted octanol–water partition coefficient (Wildman–Crippen LogP) is 3.27. The van der Waals surface area contributed by atoms with Crippen molar-refractivity contribution in [3.8, 4) is 5.88 Å². The van der Waals surface area contributed by atoms with Gasteiger partial charge in [-0.2, -0.15) is 0 Å². The summed E-state index contributed by atoms with van der Waals surface area (Å²) in [6.07, 6.45) is 5.70. The Balaban J connectivity index is 1.46. The van der Waals surface area contributed by atoms with Crippen LogP contribution < -0.4 is 10.1 Å². The molecule has 23 heavy (non-hydrogen) atoms. The van der Waals surface area contributed by atoms with E-state index in [0.717, 1.165) is 36.3 Å². The fourth-order valence-electron chi connectivity index (χ4n) is 2.75. The number of nitrogens with one attached hydrogen (secondary N) is 1. The molecule has 0 aromatic carbocycles. The normalized spacial score (nSPS) is 21.0. The molecule has 0 radical (unpaired) electrons. The second-order valence-corrected chi connectivity index (χ2v) is 7.05. The van der Waals surface area contributed by atoms with Gasteiger partial charge in [-0.3, -0.25) is 4.79 Å². The van der Waals surface area contributed by atoms with Crippen LogP contribution in [-0.2, 0) is 0 Å². The van der Waals surface area contributed by atoms with Crippen LogP contribution in [0.1, 0.15) is 46.7 Å². The molecule has 0 spiro atoms. The molecule has 0 saturated heterocycles. The standard InChI is InChI=1S/C17H21N3O2S/c1-11-3-8-16(18-9-11)22-14-6-4-13(5-7-14)20-17(21)15-10-23-12(2)19-15/h3,8-10,13-14H,4-7H2,1-2H3,(H,20,21). The van der Waals surface area contributed by atoms with E-state index in [1.165, 1.54) is 11.3 Å². The van der Waals surface area contributed by atoms with Crippen molar-refractivity contribution < 1.29 is 9.53 Å². The molecular weight excluding hydrogens is 310 g/mol. The predicted molar refractivity (Wildman–Crippen MR) is 90.0 cm³/mol. The quantitative estimate of drug-likeness (QED) is 0.934. The van der Waals surface area contributed by atoms with Crippen molar-refractivity contribution in [2.45, 2.75) is 51.7 Å². The van der Waals surface area contributed by atoms with E-state index in [4.69, 9.17) is 4.74 Å². The van der Waals surface area contributed by atoms with Gasteiger partial charge in [-0.25, -0.2) is 9.97 Å². The molecule has 3 rings (SSSR count). The van der Waals surface area contributed by atoms with Gasteiger partial charge in [0.2, 0.25) is 5.88 Å². The van der Waals surface area contributed by atoms with E-state index in [2.05, 4.69) is 15.3 Å². The number of hydrogen-bond acceptors (Lipinski definition) is 5. The molecule has 1 N–H and O–H groups in total. The molecular formula is C17H21N3O2S. The minimum Gasteiger partial charge on any atom is -0.474 e. The highest BCUT2D eigenvalue weighted by atomic mass is 32.1. The third-order valence-electron chi connectivity index (χ3n) is 4.03. The van der Waals surface area contributed by atoms with Gasteiger partial charge in [0.05, 0.1) is 5.01 Å². The number of pyridine rings is 1. The van der Waals surface area contributed by atoms with Crippen LogP contribution in [0.15, 0.2) is 23.7 Å². The van der Waals surface area contributed by atoms with Crippen LogP contribution in [0.5, 0.6) is 5.88 Å². The first-order chi connectivity index (χ1) is 11.1. The Morgan fingerprint density at radius 1 is 1.26 bits per heavy atom. The number of aromatic nitrogens is 2. The molecule has 2 heterocycles. The van der Waals surface area contributed by atoms with E-state index in [9.17, 15) is 4.79 Å². The highest BCUT2D eigenvalue weighted by Crippen LogP contribution is 2.23. The summed E-state index contributed by atoms with van der Waals surface area (Å²) in [5.41, 5.74) is 1.65. The smallest absolute Gasteiger partial charge is 0.270 e. The SMILES string of the molecule is Cc1ccc(OC2CCC(NC(=O)c3csc(C)n3)CC2)nc1. The maximum Gasteiger partial charge on any atom is 0.270 e. The van der Waals surface area contributed by atoms with Crippen LogP contribution in [0.3, 0.4) is 0 Å². The summed E-state index contributed by atoms with van der Waals surface area (Å²) in [5, 5.41) is 5.80. The van der Waals surface area contributed by atoms with Gasteiger partial charge in [-0.1, -0.05) is 6.07 Å². The van der Waals surface area contributed by atoms with E-state index >= 15 is 0 Å². The summed E-state index contributed by atoms with van der Waals surface area (Å²) in [5.74, 6) is 0.611. The van der Waals surface area contributed by atoms with Crippen LogP contribution in [0.2, 0.25) is 0 Å². The second-order valence-electron chi connectivity index (χ2n) is 5.99. The number of amides is 1. The number of rotatable bonds is 4. The zero-order valence-electron chi connectivity index (χ0n) is 13.4. The number of hydrogen-bond donors (Lipinski definition) is 1. The van der Waals surface area contributed by atoms with Crippen molar-refractivity contribution in [2.75, 3.05) is 0 Å². The topological polar surface area (TPSA) is 64.1 Å². The summed E-state index contributed by atoms with van der Waals surface area (Å²) >= 11 is 1.50. The Morgan fingerprint density at radius 2 is 2.04 bits per heavy atom. The monoisotopic (exact) mass is 331 g/mol. The number of thiazole rings is 1. The Morgan fingerprint density at radius 3 is 2.65 bits per heavy atom. The van der Waals surface area contributed by atoms with E-state index in [-0.39, 0.29) is 18.1 Å². The summed E-state index contributed by atoms with van der Waals surface area (Å²) < 4.78 is 5.92. The highest BCUT2D eigenvalue weighted by molar-refractivity contribution is 7.09. The van der Waals surface area contributed by atoms with Crippen molar-refractivity contribution in [2.24, 2.45) is 0 Å². The molecule has 0 bridgehead atoms. The number of nitrogens with zero attached hydrogens (tertiary/aromatic N) is 2. The number of carbonyl (C=O) groups is 1. The Kier molecular flexibility index (Phi) is 4.91. The fraction of sp³-hybridized carbons (Fsp3) is 0.471. The molecule has 1 amide bonds. The average Bonchev–Trinajstić information content (AvgIpc) is 2.98. The van der Waals surface area contributed by atoms with Crippen molar-refractivity contribution in [1.82, 2.24) is 15.3 Å². The second kappa shape index (κ2) is 7.08. The molecule has 0 atom stereocenters. The van der Waals surface area contributed by atoms with Gasteiger partial charge in [-0.05, 0) is 45.1 Å². The Bertz CT molecular complexity index is 661. The Hall–Kier alpha value is -1.95. The maximum absolute atomic E-state index is 12.1. The van der Waals surface area contributed by atoms with Crippen LogP contribution in [0, 0.1) is 13.8 Å². The van der Waals surface area contributed by atoms with Crippen molar-refractivity contribution in [3.05, 3.63) is 40.0 Å². The molecule has 0 aliphatic heterocycles. The van der Waals surface area contributed by atoms with Crippen LogP contribution in [-0.4, -0.2) is 28.0 Å². The third-order valence-corrected chi connectivity index (χ3v) is 4.81. The summed E-state index contributed by atoms with van der Waals surface area (Å²) in [6, 6.07) is 4.12. The Labute approximate surface area is 140 Å². The molecule has 0 unspecified atom stereocenters. The molecule has 122 valence electrons. The minimum absolute atomic E-state index is 0.0704. The van der Waals surface area contributed by atoms with E-state index in [1.54, 1.807) is 0 Å². The lowest BCUT2D eigenvalue weighted by atomic mass is 9.93. The fourth-order valence-corrected chi connectivity index (χ4v) is 3.34. The van der Waals surface area contributed by atoms with Crippen molar-refractivity contribution in [1.29, 1.82) is 0 Å². The molecule has 2 aromatic heterocycles. The largest absolute Gasteiger partial charge is 0.474 e. The first-order valence-electron chi connectivity index (χ1n) is 7.92. The highest BCUT2D eigenvalue weighted by Gasteiger charge is 2.24. The minimum atomic E-state index is -0.0704. The van der Waals surface area contributed by atoms with E-state index < -0.39 is 0 Å². The third kappa shape index (κ3) is 4.28. The zero-order chi connectivity index (χ0) is 16.2.